The zero-order valence-electron chi connectivity index (χ0n) is 16.0. The van der Waals surface area contributed by atoms with Crippen molar-refractivity contribution < 1.29 is 5.11 Å². The van der Waals surface area contributed by atoms with Gasteiger partial charge in [0.2, 0.25) is 0 Å². The first kappa shape index (κ1) is 18.5. The largest absolute Gasteiger partial charge is 0.387 e. The van der Waals surface area contributed by atoms with E-state index in [0.29, 0.717) is 11.8 Å². The molecule has 144 valence electrons. The first-order valence-electron chi connectivity index (χ1n) is 10.4. The van der Waals surface area contributed by atoms with Gasteiger partial charge in [-0.25, -0.2) is 9.97 Å². The van der Waals surface area contributed by atoms with E-state index in [4.69, 9.17) is 0 Å². The molecule has 0 aromatic carbocycles. The van der Waals surface area contributed by atoms with Gasteiger partial charge in [-0.3, -0.25) is 9.88 Å². The second kappa shape index (κ2) is 8.89. The Morgan fingerprint density at radius 1 is 0.963 bits per heavy atom. The van der Waals surface area contributed by atoms with E-state index in [2.05, 4.69) is 19.9 Å². The summed E-state index contributed by atoms with van der Waals surface area (Å²) in [5.41, 5.74) is 1.99. The van der Waals surface area contributed by atoms with E-state index in [9.17, 15) is 5.11 Å². The molecule has 1 aliphatic heterocycles. The summed E-state index contributed by atoms with van der Waals surface area (Å²) in [6, 6.07) is 5.75. The molecule has 2 aliphatic rings. The highest BCUT2D eigenvalue weighted by Gasteiger charge is 2.27. The number of aliphatic hydroxyl groups is 1. The topological polar surface area (TPSA) is 62.1 Å². The van der Waals surface area contributed by atoms with Gasteiger partial charge < -0.3 is 5.11 Å². The summed E-state index contributed by atoms with van der Waals surface area (Å²) in [5.74, 6) is 1.90. The van der Waals surface area contributed by atoms with Gasteiger partial charge >= 0.3 is 0 Å². The molecule has 2 fully saturated rings. The number of likely N-dealkylation sites (tertiary alicyclic amines) is 1. The summed E-state index contributed by atoms with van der Waals surface area (Å²) in [7, 11) is 0. The Morgan fingerprint density at radius 2 is 1.70 bits per heavy atom. The van der Waals surface area contributed by atoms with Gasteiger partial charge in [0.1, 0.15) is 5.82 Å². The monoisotopic (exact) mass is 366 g/mol. The highest BCUT2D eigenvalue weighted by molar-refractivity contribution is 5.10. The first-order valence-corrected chi connectivity index (χ1v) is 10.4. The van der Waals surface area contributed by atoms with Crippen LogP contribution in [0, 0.1) is 5.92 Å². The summed E-state index contributed by atoms with van der Waals surface area (Å²) in [5, 5.41) is 10.6. The molecule has 0 radical (unpaired) electrons. The summed E-state index contributed by atoms with van der Waals surface area (Å²) >= 11 is 0. The maximum absolute atomic E-state index is 10.6. The minimum absolute atomic E-state index is 0.293. The van der Waals surface area contributed by atoms with Gasteiger partial charge in [-0.15, -0.1) is 0 Å². The number of rotatable bonds is 5. The van der Waals surface area contributed by atoms with Crippen LogP contribution in [-0.4, -0.2) is 38.0 Å². The molecule has 1 saturated carbocycles. The van der Waals surface area contributed by atoms with Crippen LogP contribution in [0.3, 0.4) is 0 Å². The molecular formula is C22H30N4O. The maximum atomic E-state index is 10.6. The average Bonchev–Trinajstić information content (AvgIpc) is 2.76. The van der Waals surface area contributed by atoms with Crippen molar-refractivity contribution in [2.75, 3.05) is 13.1 Å². The fraction of sp³-hybridized carbons (Fsp3) is 0.591. The average molecular weight is 367 g/mol. The van der Waals surface area contributed by atoms with Gasteiger partial charge in [0.25, 0.3) is 0 Å². The Bertz CT molecular complexity index is 692. The highest BCUT2D eigenvalue weighted by Crippen LogP contribution is 2.31. The van der Waals surface area contributed by atoms with Crippen molar-refractivity contribution in [1.82, 2.24) is 19.9 Å². The molecule has 0 spiro atoms. The minimum atomic E-state index is -0.452. The molecule has 1 saturated heterocycles. The van der Waals surface area contributed by atoms with Crippen molar-refractivity contribution in [2.24, 2.45) is 5.92 Å². The van der Waals surface area contributed by atoms with Crippen molar-refractivity contribution in [2.45, 2.75) is 63.5 Å². The van der Waals surface area contributed by atoms with E-state index in [1.165, 1.54) is 37.7 Å². The molecule has 27 heavy (non-hydrogen) atoms. The summed E-state index contributed by atoms with van der Waals surface area (Å²) in [6.07, 6.45) is 13.8. The van der Waals surface area contributed by atoms with Gasteiger partial charge in [0, 0.05) is 36.6 Å². The van der Waals surface area contributed by atoms with E-state index in [1.54, 1.807) is 6.20 Å². The van der Waals surface area contributed by atoms with E-state index in [1.807, 2.05) is 30.6 Å². The van der Waals surface area contributed by atoms with Crippen LogP contribution >= 0.6 is 0 Å². The van der Waals surface area contributed by atoms with Crippen LogP contribution in [0.5, 0.6) is 0 Å². The lowest BCUT2D eigenvalue weighted by atomic mass is 9.88. The SMILES string of the molecule is O[C@H](c1ccccn1)C1CCN(Cc2cnc(C3CCCCC3)nc2)CC1. The van der Waals surface area contributed by atoms with Crippen molar-refractivity contribution in [1.29, 1.82) is 0 Å². The zero-order chi connectivity index (χ0) is 18.5. The summed E-state index contributed by atoms with van der Waals surface area (Å²) in [4.78, 5) is 16.1. The maximum Gasteiger partial charge on any atom is 0.131 e. The van der Waals surface area contributed by atoms with Crippen LogP contribution in [0.1, 0.15) is 74.0 Å². The highest BCUT2D eigenvalue weighted by atomic mass is 16.3. The van der Waals surface area contributed by atoms with Gasteiger partial charge in [-0.2, -0.15) is 0 Å². The number of pyridine rings is 1. The molecule has 2 aromatic rings. The van der Waals surface area contributed by atoms with Crippen LogP contribution in [0.4, 0.5) is 0 Å². The molecule has 3 heterocycles. The molecule has 1 N–H and O–H groups in total. The van der Waals surface area contributed by atoms with Crippen molar-refractivity contribution >= 4 is 0 Å². The third-order valence-corrected chi connectivity index (χ3v) is 6.17. The Morgan fingerprint density at radius 3 is 2.37 bits per heavy atom. The quantitative estimate of drug-likeness (QED) is 0.870. The van der Waals surface area contributed by atoms with Crippen LogP contribution < -0.4 is 0 Å². The summed E-state index contributed by atoms with van der Waals surface area (Å²) in [6.45, 7) is 2.90. The first-order chi connectivity index (χ1) is 13.3. The predicted molar refractivity (Wildman–Crippen MR) is 105 cm³/mol. The molecule has 2 aromatic heterocycles. The van der Waals surface area contributed by atoms with Gasteiger partial charge in [0.15, 0.2) is 0 Å². The van der Waals surface area contributed by atoms with Crippen molar-refractivity contribution in [3.63, 3.8) is 0 Å². The molecule has 0 bridgehead atoms. The molecule has 5 heteroatoms. The van der Waals surface area contributed by atoms with Crippen molar-refractivity contribution in [3.8, 4) is 0 Å². The van der Waals surface area contributed by atoms with Crippen LogP contribution in [0.15, 0.2) is 36.8 Å². The normalized spacial score (nSPS) is 21.2. The van der Waals surface area contributed by atoms with Gasteiger partial charge in [-0.05, 0) is 56.8 Å². The number of nitrogens with zero attached hydrogens (tertiary/aromatic N) is 4. The van der Waals surface area contributed by atoms with Crippen LogP contribution in [-0.2, 0) is 6.54 Å². The van der Waals surface area contributed by atoms with E-state index >= 15 is 0 Å². The Kier molecular flexibility index (Phi) is 6.10. The second-order valence-corrected chi connectivity index (χ2v) is 8.10. The van der Waals surface area contributed by atoms with Crippen LogP contribution in [0.2, 0.25) is 0 Å². The Balaban J connectivity index is 1.27. The van der Waals surface area contributed by atoms with E-state index in [0.717, 1.165) is 44.0 Å². The Hall–Kier alpha value is -1.85. The molecular weight excluding hydrogens is 336 g/mol. The lowest BCUT2D eigenvalue weighted by Gasteiger charge is -2.34. The number of hydrogen-bond donors (Lipinski definition) is 1. The van der Waals surface area contributed by atoms with E-state index < -0.39 is 6.10 Å². The van der Waals surface area contributed by atoms with Gasteiger partial charge in [-0.1, -0.05) is 25.3 Å². The minimum Gasteiger partial charge on any atom is -0.387 e. The predicted octanol–water partition coefficient (Wildman–Crippen LogP) is 3.86. The fourth-order valence-electron chi connectivity index (χ4n) is 4.50. The number of aromatic nitrogens is 3. The standard InChI is InChI=1S/C22H30N4O/c27-21(20-8-4-5-11-23-20)18-9-12-26(13-10-18)16-17-14-24-22(25-15-17)19-6-2-1-3-7-19/h4-5,8,11,14-15,18-19,21,27H,1-3,6-7,9-10,12-13,16H2/t21-/m0/s1. The number of piperidine rings is 1. The molecule has 1 atom stereocenters. The second-order valence-electron chi connectivity index (χ2n) is 8.10. The number of hydrogen-bond acceptors (Lipinski definition) is 5. The lowest BCUT2D eigenvalue weighted by Crippen LogP contribution is -2.35. The molecule has 4 rings (SSSR count). The van der Waals surface area contributed by atoms with Crippen LogP contribution in [0.25, 0.3) is 0 Å². The smallest absolute Gasteiger partial charge is 0.131 e. The zero-order valence-corrected chi connectivity index (χ0v) is 16.0. The molecule has 1 aliphatic carbocycles. The third-order valence-electron chi connectivity index (χ3n) is 6.17. The number of aliphatic hydroxyl groups excluding tert-OH is 1. The van der Waals surface area contributed by atoms with E-state index in [-0.39, 0.29) is 0 Å². The molecule has 5 nitrogen and oxygen atoms in total. The lowest BCUT2D eigenvalue weighted by molar-refractivity contribution is 0.0539. The van der Waals surface area contributed by atoms with Crippen molar-refractivity contribution in [3.05, 3.63) is 53.9 Å². The molecule has 0 amide bonds. The fourth-order valence-corrected chi connectivity index (χ4v) is 4.50. The summed E-state index contributed by atoms with van der Waals surface area (Å²) < 4.78 is 0. The molecule has 0 unspecified atom stereocenters. The third kappa shape index (κ3) is 4.71. The Labute approximate surface area is 161 Å². The van der Waals surface area contributed by atoms with Gasteiger partial charge in [0.05, 0.1) is 11.8 Å².